The highest BCUT2D eigenvalue weighted by molar-refractivity contribution is 5.91. The summed E-state index contributed by atoms with van der Waals surface area (Å²) in [5.74, 6) is 0.366. The number of methoxy groups -OCH3 is 1. The summed E-state index contributed by atoms with van der Waals surface area (Å²) in [6, 6.07) is 0. The van der Waals surface area contributed by atoms with Crippen LogP contribution in [0.25, 0.3) is 0 Å². The molecule has 0 unspecified atom stereocenters. The van der Waals surface area contributed by atoms with Crippen molar-refractivity contribution in [1.82, 2.24) is 25.6 Å². The van der Waals surface area contributed by atoms with Crippen molar-refractivity contribution in [2.75, 3.05) is 33.4 Å². The Balaban J connectivity index is 1.82. The molecule has 7 nitrogen and oxygen atoms in total. The summed E-state index contributed by atoms with van der Waals surface area (Å²) in [4.78, 5) is 11.7. The van der Waals surface area contributed by atoms with Crippen LogP contribution in [-0.2, 0) is 11.3 Å². The smallest absolute Gasteiger partial charge is 0.273 e. The molecular formula is C12H21N5O2. The normalized spacial score (nSPS) is 19.3. The Morgan fingerprint density at radius 1 is 1.68 bits per heavy atom. The number of ether oxygens (including phenoxy) is 1. The predicted octanol–water partition coefficient (Wildman–Crippen LogP) is -0.346. The van der Waals surface area contributed by atoms with Gasteiger partial charge in [0.15, 0.2) is 5.69 Å². The van der Waals surface area contributed by atoms with Crippen molar-refractivity contribution in [2.45, 2.75) is 19.4 Å². The van der Waals surface area contributed by atoms with Gasteiger partial charge in [-0.15, -0.1) is 5.10 Å². The molecule has 0 bridgehead atoms. The number of carbonyl (C=O) groups excluding carboxylic acids is 1. The van der Waals surface area contributed by atoms with Crippen LogP contribution in [0.15, 0.2) is 6.20 Å². The van der Waals surface area contributed by atoms with Crippen molar-refractivity contribution >= 4 is 5.91 Å². The minimum absolute atomic E-state index is 0.204. The van der Waals surface area contributed by atoms with E-state index < -0.39 is 0 Å². The molecule has 0 aliphatic carbocycles. The van der Waals surface area contributed by atoms with E-state index in [-0.39, 0.29) is 5.91 Å². The van der Waals surface area contributed by atoms with Crippen LogP contribution >= 0.6 is 0 Å². The minimum Gasteiger partial charge on any atom is -0.383 e. The summed E-state index contributed by atoms with van der Waals surface area (Å²) < 4.78 is 6.62. The van der Waals surface area contributed by atoms with Crippen LogP contribution in [0.1, 0.15) is 23.3 Å². The quantitative estimate of drug-likeness (QED) is 0.689. The molecular weight excluding hydrogens is 246 g/mol. The highest BCUT2D eigenvalue weighted by atomic mass is 16.5. The second-order valence-electron chi connectivity index (χ2n) is 4.79. The van der Waals surface area contributed by atoms with E-state index in [2.05, 4.69) is 20.9 Å². The average Bonchev–Trinajstić information content (AvgIpc) is 2.89. The summed E-state index contributed by atoms with van der Waals surface area (Å²) >= 11 is 0. The van der Waals surface area contributed by atoms with E-state index in [1.165, 1.54) is 12.8 Å². The number of hydrogen-bond donors (Lipinski definition) is 2. The van der Waals surface area contributed by atoms with Crippen LogP contribution in [-0.4, -0.2) is 54.3 Å². The van der Waals surface area contributed by atoms with Crippen LogP contribution in [0.2, 0.25) is 0 Å². The fourth-order valence-electron chi connectivity index (χ4n) is 2.19. The van der Waals surface area contributed by atoms with Crippen LogP contribution < -0.4 is 10.6 Å². The van der Waals surface area contributed by atoms with Crippen molar-refractivity contribution in [3.8, 4) is 0 Å². The average molecular weight is 267 g/mol. The van der Waals surface area contributed by atoms with E-state index in [1.807, 2.05) is 0 Å². The fourth-order valence-corrected chi connectivity index (χ4v) is 2.19. The topological polar surface area (TPSA) is 81.1 Å². The molecule has 2 N–H and O–H groups in total. The van der Waals surface area contributed by atoms with E-state index in [4.69, 9.17) is 4.74 Å². The molecule has 0 aromatic carbocycles. The first-order valence-electron chi connectivity index (χ1n) is 6.67. The number of aromatic nitrogens is 3. The van der Waals surface area contributed by atoms with E-state index in [0.29, 0.717) is 24.8 Å². The SMILES string of the molecule is COCCNC(=O)c1cn(C[C@@H]2CCCNC2)nn1. The number of rotatable bonds is 6. The number of carbonyl (C=O) groups is 1. The fraction of sp³-hybridized carbons (Fsp3) is 0.750. The third-order valence-electron chi connectivity index (χ3n) is 3.21. The lowest BCUT2D eigenvalue weighted by Gasteiger charge is -2.22. The second kappa shape index (κ2) is 7.20. The molecule has 1 atom stereocenters. The zero-order valence-electron chi connectivity index (χ0n) is 11.3. The summed E-state index contributed by atoms with van der Waals surface area (Å²) in [5, 5.41) is 14.0. The Kier molecular flexibility index (Phi) is 5.29. The molecule has 7 heteroatoms. The van der Waals surface area contributed by atoms with E-state index in [1.54, 1.807) is 18.0 Å². The molecule has 106 valence electrons. The van der Waals surface area contributed by atoms with Gasteiger partial charge in [-0.25, -0.2) is 0 Å². The predicted molar refractivity (Wildman–Crippen MR) is 69.8 cm³/mol. The van der Waals surface area contributed by atoms with Gasteiger partial charge in [-0.1, -0.05) is 5.21 Å². The van der Waals surface area contributed by atoms with E-state index in [9.17, 15) is 4.79 Å². The van der Waals surface area contributed by atoms with E-state index >= 15 is 0 Å². The first-order valence-corrected chi connectivity index (χ1v) is 6.67. The molecule has 19 heavy (non-hydrogen) atoms. The molecule has 1 amide bonds. The lowest BCUT2D eigenvalue weighted by molar-refractivity contribution is 0.0932. The zero-order chi connectivity index (χ0) is 13.5. The number of amides is 1. The van der Waals surface area contributed by atoms with Gasteiger partial charge >= 0.3 is 0 Å². The van der Waals surface area contributed by atoms with Crippen LogP contribution in [0.3, 0.4) is 0 Å². The molecule has 0 saturated carbocycles. The van der Waals surface area contributed by atoms with E-state index in [0.717, 1.165) is 19.6 Å². The first kappa shape index (κ1) is 14.0. The Hall–Kier alpha value is -1.47. The summed E-state index contributed by atoms with van der Waals surface area (Å²) in [7, 11) is 1.60. The minimum atomic E-state index is -0.204. The van der Waals surface area contributed by atoms with Crippen molar-refractivity contribution < 1.29 is 9.53 Å². The summed E-state index contributed by atoms with van der Waals surface area (Å²) in [6.07, 6.45) is 4.10. The van der Waals surface area contributed by atoms with Crippen LogP contribution in [0, 0.1) is 5.92 Å². The summed E-state index contributed by atoms with van der Waals surface area (Å²) in [5.41, 5.74) is 0.361. The van der Waals surface area contributed by atoms with Gasteiger partial charge in [0.2, 0.25) is 0 Å². The monoisotopic (exact) mass is 267 g/mol. The van der Waals surface area contributed by atoms with Gasteiger partial charge in [0, 0.05) is 20.2 Å². The maximum atomic E-state index is 11.7. The maximum Gasteiger partial charge on any atom is 0.273 e. The highest BCUT2D eigenvalue weighted by Crippen LogP contribution is 2.11. The second-order valence-corrected chi connectivity index (χ2v) is 4.79. The van der Waals surface area contributed by atoms with Crippen LogP contribution in [0.4, 0.5) is 0 Å². The molecule has 1 aliphatic heterocycles. The van der Waals surface area contributed by atoms with Crippen molar-refractivity contribution in [2.24, 2.45) is 5.92 Å². The van der Waals surface area contributed by atoms with Crippen molar-refractivity contribution in [3.05, 3.63) is 11.9 Å². The lowest BCUT2D eigenvalue weighted by Crippen LogP contribution is -2.32. The standard InChI is InChI=1S/C12H21N5O2/c1-19-6-5-14-12(18)11-9-17(16-15-11)8-10-3-2-4-13-7-10/h9-10,13H,2-8H2,1H3,(H,14,18)/t10-/m1/s1. The zero-order valence-corrected chi connectivity index (χ0v) is 11.3. The molecule has 1 aromatic heterocycles. The molecule has 1 fully saturated rings. The number of nitrogens with one attached hydrogen (secondary N) is 2. The summed E-state index contributed by atoms with van der Waals surface area (Å²) in [6.45, 7) is 3.89. The van der Waals surface area contributed by atoms with Gasteiger partial charge in [0.25, 0.3) is 5.91 Å². The van der Waals surface area contributed by atoms with Gasteiger partial charge < -0.3 is 15.4 Å². The lowest BCUT2D eigenvalue weighted by atomic mass is 10.00. The Morgan fingerprint density at radius 3 is 3.32 bits per heavy atom. The third-order valence-corrected chi connectivity index (χ3v) is 3.21. The molecule has 0 radical (unpaired) electrons. The first-order chi connectivity index (χ1) is 9.29. The van der Waals surface area contributed by atoms with Gasteiger partial charge in [0.1, 0.15) is 0 Å². The van der Waals surface area contributed by atoms with Gasteiger partial charge in [0.05, 0.1) is 12.8 Å². The largest absolute Gasteiger partial charge is 0.383 e. The molecule has 1 aromatic rings. The third kappa shape index (κ3) is 4.29. The molecule has 0 spiro atoms. The molecule has 1 saturated heterocycles. The molecule has 2 rings (SSSR count). The number of piperidine rings is 1. The van der Waals surface area contributed by atoms with Gasteiger partial charge in [-0.05, 0) is 31.8 Å². The van der Waals surface area contributed by atoms with Crippen molar-refractivity contribution in [1.29, 1.82) is 0 Å². The number of nitrogens with zero attached hydrogens (tertiary/aromatic N) is 3. The number of hydrogen-bond acceptors (Lipinski definition) is 5. The van der Waals surface area contributed by atoms with Gasteiger partial charge in [-0.3, -0.25) is 9.48 Å². The maximum absolute atomic E-state index is 11.7. The highest BCUT2D eigenvalue weighted by Gasteiger charge is 2.16. The Morgan fingerprint density at radius 2 is 2.58 bits per heavy atom. The van der Waals surface area contributed by atoms with Crippen LogP contribution in [0.5, 0.6) is 0 Å². The Bertz CT molecular complexity index is 401. The van der Waals surface area contributed by atoms with Gasteiger partial charge in [-0.2, -0.15) is 0 Å². The molecule has 1 aliphatic rings. The Labute approximate surface area is 112 Å². The molecule has 2 heterocycles. The van der Waals surface area contributed by atoms with Crippen molar-refractivity contribution in [3.63, 3.8) is 0 Å².